The average Bonchev–Trinajstić information content (AvgIpc) is 2.14. The summed E-state index contributed by atoms with van der Waals surface area (Å²) in [6.07, 6.45) is 5.01. The fraction of sp³-hybridized carbons (Fsp3) is 0.250. The van der Waals surface area contributed by atoms with Crippen molar-refractivity contribution in [3.63, 3.8) is 0 Å². The van der Waals surface area contributed by atoms with Crippen molar-refractivity contribution in [3.8, 4) is 0 Å². The topological polar surface area (TPSA) is 34.5 Å². The summed E-state index contributed by atoms with van der Waals surface area (Å²) in [5, 5.41) is 3.69. The maximum absolute atomic E-state index is 5.37. The lowest BCUT2D eigenvalue weighted by Crippen LogP contribution is -1.89. The van der Waals surface area contributed by atoms with Crippen molar-refractivity contribution < 1.29 is 4.84 Å². The second kappa shape index (κ2) is 5.55. The van der Waals surface area contributed by atoms with Gasteiger partial charge < -0.3 is 4.84 Å². The molecule has 0 aliphatic carbocycles. The molecule has 1 aromatic rings. The standard InChI is InChI=1S/C8H9ClN2O/c9-3-6-12-11-7-8-1-4-10-5-2-8/h1-2,4-5,7H,3,6H2/b11-7-. The Morgan fingerprint density at radius 3 is 2.92 bits per heavy atom. The lowest BCUT2D eigenvalue weighted by atomic mass is 10.3. The second-order valence-electron chi connectivity index (χ2n) is 2.04. The van der Waals surface area contributed by atoms with Crippen LogP contribution >= 0.6 is 11.6 Å². The molecule has 0 fully saturated rings. The minimum Gasteiger partial charge on any atom is -0.395 e. The molecule has 0 amide bonds. The SMILES string of the molecule is ClCCO/N=C\c1ccncc1. The van der Waals surface area contributed by atoms with Gasteiger partial charge in [-0.25, -0.2) is 0 Å². The average molecular weight is 185 g/mol. The third-order valence-corrected chi connectivity index (χ3v) is 1.31. The molecule has 0 spiro atoms. The van der Waals surface area contributed by atoms with E-state index >= 15 is 0 Å². The molecule has 1 rings (SSSR count). The van der Waals surface area contributed by atoms with Crippen LogP contribution in [0.3, 0.4) is 0 Å². The smallest absolute Gasteiger partial charge is 0.130 e. The van der Waals surface area contributed by atoms with E-state index < -0.39 is 0 Å². The van der Waals surface area contributed by atoms with Crippen molar-refractivity contribution in [3.05, 3.63) is 30.1 Å². The number of rotatable bonds is 4. The summed E-state index contributed by atoms with van der Waals surface area (Å²) < 4.78 is 0. The van der Waals surface area contributed by atoms with Crippen LogP contribution in [0.2, 0.25) is 0 Å². The van der Waals surface area contributed by atoms with Gasteiger partial charge in [-0.05, 0) is 17.7 Å². The van der Waals surface area contributed by atoms with E-state index in [0.717, 1.165) is 5.56 Å². The molecule has 1 heterocycles. The zero-order chi connectivity index (χ0) is 8.65. The van der Waals surface area contributed by atoms with Gasteiger partial charge in [0.25, 0.3) is 0 Å². The van der Waals surface area contributed by atoms with Gasteiger partial charge in [-0.3, -0.25) is 4.98 Å². The van der Waals surface area contributed by atoms with Crippen LogP contribution in [0.25, 0.3) is 0 Å². The molecular weight excluding hydrogens is 176 g/mol. The van der Waals surface area contributed by atoms with Gasteiger partial charge in [-0.1, -0.05) is 5.16 Å². The van der Waals surface area contributed by atoms with E-state index in [0.29, 0.717) is 12.5 Å². The lowest BCUT2D eigenvalue weighted by Gasteiger charge is -1.92. The first-order valence-electron chi connectivity index (χ1n) is 3.55. The molecule has 1 aromatic heterocycles. The lowest BCUT2D eigenvalue weighted by molar-refractivity contribution is 0.162. The van der Waals surface area contributed by atoms with Crippen LogP contribution in [-0.4, -0.2) is 23.7 Å². The largest absolute Gasteiger partial charge is 0.395 e. The van der Waals surface area contributed by atoms with Crippen molar-refractivity contribution in [1.29, 1.82) is 0 Å². The number of hydrogen-bond acceptors (Lipinski definition) is 3. The molecule has 0 saturated heterocycles. The third-order valence-electron chi connectivity index (χ3n) is 1.15. The molecule has 0 unspecified atom stereocenters. The second-order valence-corrected chi connectivity index (χ2v) is 2.42. The molecule has 64 valence electrons. The van der Waals surface area contributed by atoms with Crippen molar-refractivity contribution >= 4 is 17.8 Å². The quantitative estimate of drug-likeness (QED) is 0.309. The Kier molecular flexibility index (Phi) is 4.16. The van der Waals surface area contributed by atoms with Crippen LogP contribution in [-0.2, 0) is 4.84 Å². The Morgan fingerprint density at radius 1 is 1.50 bits per heavy atom. The zero-order valence-corrected chi connectivity index (χ0v) is 7.24. The van der Waals surface area contributed by atoms with E-state index in [2.05, 4.69) is 10.1 Å². The number of halogens is 1. The molecule has 0 N–H and O–H groups in total. The van der Waals surface area contributed by atoms with Crippen molar-refractivity contribution in [2.75, 3.05) is 12.5 Å². The van der Waals surface area contributed by atoms with Crippen LogP contribution in [0.5, 0.6) is 0 Å². The summed E-state index contributed by atoms with van der Waals surface area (Å²) in [6, 6.07) is 3.68. The van der Waals surface area contributed by atoms with Gasteiger partial charge in [0.05, 0.1) is 12.1 Å². The van der Waals surface area contributed by atoms with Crippen molar-refractivity contribution in [2.24, 2.45) is 5.16 Å². The Morgan fingerprint density at radius 2 is 2.25 bits per heavy atom. The minimum atomic E-state index is 0.434. The molecule has 0 radical (unpaired) electrons. The summed E-state index contributed by atoms with van der Waals surface area (Å²) >= 11 is 5.37. The first kappa shape index (κ1) is 9.00. The molecule has 3 nitrogen and oxygen atoms in total. The highest BCUT2D eigenvalue weighted by Gasteiger charge is 1.83. The number of nitrogens with zero attached hydrogens (tertiary/aromatic N) is 2. The predicted molar refractivity (Wildman–Crippen MR) is 48.5 cm³/mol. The van der Waals surface area contributed by atoms with Crippen molar-refractivity contribution in [1.82, 2.24) is 4.98 Å². The minimum absolute atomic E-state index is 0.434. The van der Waals surface area contributed by atoms with Crippen molar-refractivity contribution in [2.45, 2.75) is 0 Å². The molecule has 0 aromatic carbocycles. The van der Waals surface area contributed by atoms with Crippen LogP contribution in [0.4, 0.5) is 0 Å². The molecule has 0 aliphatic heterocycles. The first-order valence-corrected chi connectivity index (χ1v) is 4.08. The van der Waals surface area contributed by atoms with E-state index in [1.54, 1.807) is 18.6 Å². The molecular formula is C8H9ClN2O. The van der Waals surface area contributed by atoms with E-state index in [9.17, 15) is 0 Å². The maximum Gasteiger partial charge on any atom is 0.130 e. The highest BCUT2D eigenvalue weighted by atomic mass is 35.5. The van der Waals surface area contributed by atoms with Gasteiger partial charge in [-0.2, -0.15) is 0 Å². The highest BCUT2D eigenvalue weighted by Crippen LogP contribution is 1.91. The Bertz CT molecular complexity index is 238. The van der Waals surface area contributed by atoms with Gasteiger partial charge in [0.1, 0.15) is 6.61 Å². The number of oxime groups is 1. The monoisotopic (exact) mass is 184 g/mol. The van der Waals surface area contributed by atoms with E-state index in [1.165, 1.54) is 0 Å². The third kappa shape index (κ3) is 3.34. The summed E-state index contributed by atoms with van der Waals surface area (Å²) in [4.78, 5) is 8.67. The summed E-state index contributed by atoms with van der Waals surface area (Å²) in [7, 11) is 0. The molecule has 0 aliphatic rings. The zero-order valence-electron chi connectivity index (χ0n) is 6.48. The number of hydrogen-bond donors (Lipinski definition) is 0. The summed E-state index contributed by atoms with van der Waals surface area (Å²) in [5.74, 6) is 0.452. The highest BCUT2D eigenvalue weighted by molar-refractivity contribution is 6.17. The molecule has 0 atom stereocenters. The van der Waals surface area contributed by atoms with Crippen LogP contribution in [0.1, 0.15) is 5.56 Å². The normalized spacial score (nSPS) is 10.4. The van der Waals surface area contributed by atoms with E-state index in [1.807, 2.05) is 12.1 Å². The van der Waals surface area contributed by atoms with Crippen LogP contribution in [0.15, 0.2) is 29.7 Å². The molecule has 4 heteroatoms. The van der Waals surface area contributed by atoms with Crippen LogP contribution in [0, 0.1) is 0 Å². The summed E-state index contributed by atoms with van der Waals surface area (Å²) in [5.41, 5.74) is 0.958. The Hall–Kier alpha value is -1.09. The number of alkyl halides is 1. The number of pyridine rings is 1. The van der Waals surface area contributed by atoms with E-state index in [4.69, 9.17) is 16.4 Å². The van der Waals surface area contributed by atoms with Gasteiger partial charge in [0.15, 0.2) is 0 Å². The Balaban J connectivity index is 2.36. The maximum atomic E-state index is 5.37. The van der Waals surface area contributed by atoms with Gasteiger partial charge in [0.2, 0.25) is 0 Å². The van der Waals surface area contributed by atoms with Gasteiger partial charge in [0, 0.05) is 12.4 Å². The fourth-order valence-corrected chi connectivity index (χ4v) is 0.704. The van der Waals surface area contributed by atoms with Crippen LogP contribution < -0.4 is 0 Å². The molecule has 12 heavy (non-hydrogen) atoms. The Labute approximate surface area is 76.0 Å². The van der Waals surface area contributed by atoms with Gasteiger partial charge in [-0.15, -0.1) is 11.6 Å². The van der Waals surface area contributed by atoms with Gasteiger partial charge >= 0.3 is 0 Å². The fourth-order valence-electron chi connectivity index (χ4n) is 0.635. The molecule has 0 saturated carbocycles. The predicted octanol–water partition coefficient (Wildman–Crippen LogP) is 1.67. The molecule has 0 bridgehead atoms. The first-order chi connectivity index (χ1) is 5.93. The summed E-state index contributed by atoms with van der Waals surface area (Å²) in [6.45, 7) is 0.434. The number of aromatic nitrogens is 1. The van der Waals surface area contributed by atoms with E-state index in [-0.39, 0.29) is 0 Å².